The van der Waals surface area contributed by atoms with Crippen LogP contribution in [0.1, 0.15) is 23.6 Å². The number of aryl methyl sites for hydroxylation is 2. The first kappa shape index (κ1) is 29.0. The smallest absolute Gasteiger partial charge is 0.324 e. The van der Waals surface area contributed by atoms with Crippen LogP contribution in [0, 0.1) is 13.8 Å². The standard InChI is InChI=1S/C25H26F3N3O5S2/c1-16-12-17(2)14-22(13-16)31(37(4,33)34)18(3)24(32)29-20-8-10-23(11-9-20)38(35,36)30-21-7-5-6-19(15-21)25(26,27)28/h5-15,18,30H,1-4H3,(H,29,32)/t18-/m0/s1. The Morgan fingerprint density at radius 3 is 1.97 bits per heavy atom. The molecule has 13 heteroatoms. The molecule has 0 radical (unpaired) electrons. The second-order valence-electron chi connectivity index (χ2n) is 8.78. The SMILES string of the molecule is Cc1cc(C)cc(N([C@@H](C)C(=O)Nc2ccc(S(=O)(=O)Nc3cccc(C(F)(F)F)c3)cc2)S(C)(=O)=O)c1. The van der Waals surface area contributed by atoms with E-state index in [1.165, 1.54) is 25.1 Å². The van der Waals surface area contributed by atoms with Crippen LogP contribution in [-0.4, -0.2) is 35.0 Å². The van der Waals surface area contributed by atoms with Crippen molar-refractivity contribution in [2.45, 2.75) is 37.9 Å². The van der Waals surface area contributed by atoms with Gasteiger partial charge in [0.15, 0.2) is 0 Å². The van der Waals surface area contributed by atoms with E-state index in [0.717, 1.165) is 46.0 Å². The van der Waals surface area contributed by atoms with E-state index < -0.39 is 43.7 Å². The van der Waals surface area contributed by atoms with Crippen molar-refractivity contribution in [3.8, 4) is 0 Å². The van der Waals surface area contributed by atoms with Gasteiger partial charge in [0.1, 0.15) is 6.04 Å². The van der Waals surface area contributed by atoms with Crippen molar-refractivity contribution in [2.75, 3.05) is 20.6 Å². The molecule has 1 atom stereocenters. The van der Waals surface area contributed by atoms with Gasteiger partial charge in [-0.3, -0.25) is 13.8 Å². The van der Waals surface area contributed by atoms with E-state index in [-0.39, 0.29) is 16.3 Å². The Bertz CT molecular complexity index is 1540. The number of sulfonamides is 2. The molecule has 2 N–H and O–H groups in total. The maximum atomic E-state index is 12.9. The fourth-order valence-corrected chi connectivity index (χ4v) is 6.03. The van der Waals surface area contributed by atoms with E-state index in [0.29, 0.717) is 11.8 Å². The Kier molecular flexibility index (Phi) is 8.13. The van der Waals surface area contributed by atoms with Crippen molar-refractivity contribution in [2.24, 2.45) is 0 Å². The molecule has 0 fully saturated rings. The summed E-state index contributed by atoms with van der Waals surface area (Å²) in [6, 6.07) is 12.7. The second kappa shape index (κ2) is 10.7. The molecule has 38 heavy (non-hydrogen) atoms. The summed E-state index contributed by atoms with van der Waals surface area (Å²) in [6.45, 7) is 5.03. The van der Waals surface area contributed by atoms with Gasteiger partial charge in [-0.05, 0) is 86.5 Å². The van der Waals surface area contributed by atoms with Gasteiger partial charge in [0, 0.05) is 11.4 Å². The number of nitrogens with one attached hydrogen (secondary N) is 2. The molecule has 0 unspecified atom stereocenters. The molecule has 0 aliphatic rings. The summed E-state index contributed by atoms with van der Waals surface area (Å²) in [7, 11) is -8.07. The maximum Gasteiger partial charge on any atom is 0.416 e. The summed E-state index contributed by atoms with van der Waals surface area (Å²) in [5.74, 6) is -0.660. The van der Waals surface area contributed by atoms with Crippen molar-refractivity contribution < 1.29 is 34.8 Å². The minimum absolute atomic E-state index is 0.189. The molecule has 0 saturated heterocycles. The second-order valence-corrected chi connectivity index (χ2v) is 12.3. The zero-order valence-corrected chi connectivity index (χ0v) is 22.5. The Morgan fingerprint density at radius 1 is 0.868 bits per heavy atom. The summed E-state index contributed by atoms with van der Waals surface area (Å²) < 4.78 is 92.3. The van der Waals surface area contributed by atoms with Crippen molar-refractivity contribution in [1.82, 2.24) is 0 Å². The first-order valence-corrected chi connectivity index (χ1v) is 14.5. The lowest BCUT2D eigenvalue weighted by Gasteiger charge is -2.28. The van der Waals surface area contributed by atoms with E-state index in [9.17, 15) is 34.8 Å². The van der Waals surface area contributed by atoms with Crippen LogP contribution in [0.5, 0.6) is 0 Å². The Morgan fingerprint density at radius 2 is 1.45 bits per heavy atom. The largest absolute Gasteiger partial charge is 0.416 e. The molecule has 0 saturated carbocycles. The average molecular weight is 570 g/mol. The molecule has 0 aliphatic carbocycles. The van der Waals surface area contributed by atoms with E-state index in [4.69, 9.17) is 0 Å². The number of hydrogen-bond donors (Lipinski definition) is 2. The van der Waals surface area contributed by atoms with Gasteiger partial charge >= 0.3 is 6.18 Å². The molecule has 0 heterocycles. The predicted molar refractivity (Wildman–Crippen MR) is 140 cm³/mol. The zero-order chi connectivity index (χ0) is 28.5. The van der Waals surface area contributed by atoms with Gasteiger partial charge in [-0.2, -0.15) is 13.2 Å². The third-order valence-electron chi connectivity index (χ3n) is 5.42. The van der Waals surface area contributed by atoms with Gasteiger partial charge in [-0.25, -0.2) is 16.8 Å². The highest BCUT2D eigenvalue weighted by molar-refractivity contribution is 7.92. The topological polar surface area (TPSA) is 113 Å². The number of halogens is 3. The number of amides is 1. The Hall–Kier alpha value is -3.58. The highest BCUT2D eigenvalue weighted by Crippen LogP contribution is 2.31. The van der Waals surface area contributed by atoms with Crippen LogP contribution in [0.3, 0.4) is 0 Å². The number of hydrogen-bond acceptors (Lipinski definition) is 5. The molecule has 0 spiro atoms. The number of nitrogens with zero attached hydrogens (tertiary/aromatic N) is 1. The summed E-state index contributed by atoms with van der Waals surface area (Å²) in [5.41, 5.74) is 0.879. The lowest BCUT2D eigenvalue weighted by Crippen LogP contribution is -2.45. The fraction of sp³-hybridized carbons (Fsp3) is 0.240. The maximum absolute atomic E-state index is 12.9. The normalized spacial score (nSPS) is 13.0. The van der Waals surface area contributed by atoms with E-state index in [1.54, 1.807) is 26.0 Å². The molecule has 8 nitrogen and oxygen atoms in total. The van der Waals surface area contributed by atoms with Gasteiger partial charge in [0.05, 0.1) is 22.4 Å². The summed E-state index contributed by atoms with van der Waals surface area (Å²) in [5, 5.41) is 2.56. The monoisotopic (exact) mass is 569 g/mol. The number of rotatable bonds is 8. The summed E-state index contributed by atoms with van der Waals surface area (Å²) >= 11 is 0. The number of anilines is 3. The molecule has 3 aromatic carbocycles. The Balaban J connectivity index is 1.78. The van der Waals surface area contributed by atoms with Gasteiger partial charge in [-0.1, -0.05) is 12.1 Å². The van der Waals surface area contributed by atoms with Crippen molar-refractivity contribution in [3.05, 3.63) is 83.4 Å². The molecule has 3 aromatic rings. The van der Waals surface area contributed by atoms with Gasteiger partial charge in [-0.15, -0.1) is 0 Å². The highest BCUT2D eigenvalue weighted by Gasteiger charge is 2.31. The van der Waals surface area contributed by atoms with Crippen molar-refractivity contribution in [3.63, 3.8) is 0 Å². The molecule has 3 rings (SSSR count). The van der Waals surface area contributed by atoms with Crippen LogP contribution >= 0.6 is 0 Å². The van der Waals surface area contributed by atoms with Gasteiger partial charge in [0.2, 0.25) is 15.9 Å². The van der Waals surface area contributed by atoms with Crippen LogP contribution < -0.4 is 14.3 Å². The predicted octanol–water partition coefficient (Wildman–Crippen LogP) is 4.92. The van der Waals surface area contributed by atoms with Gasteiger partial charge in [0.25, 0.3) is 10.0 Å². The molecular formula is C25H26F3N3O5S2. The van der Waals surface area contributed by atoms with Crippen LogP contribution in [0.15, 0.2) is 71.6 Å². The van der Waals surface area contributed by atoms with E-state index >= 15 is 0 Å². The molecule has 204 valence electrons. The summed E-state index contributed by atoms with van der Waals surface area (Å²) in [4.78, 5) is 12.7. The number of carbonyl (C=O) groups is 1. The quantitative estimate of drug-likeness (QED) is 0.400. The summed E-state index contributed by atoms with van der Waals surface area (Å²) in [6.07, 6.45) is -3.64. The Labute approximate surface area is 219 Å². The molecular weight excluding hydrogens is 543 g/mol. The molecule has 1 amide bonds. The molecule has 0 aliphatic heterocycles. The van der Waals surface area contributed by atoms with Crippen LogP contribution in [0.4, 0.5) is 30.2 Å². The van der Waals surface area contributed by atoms with Crippen LogP contribution in [-0.2, 0) is 31.0 Å². The van der Waals surface area contributed by atoms with E-state index in [1.807, 2.05) is 6.07 Å². The molecule has 0 bridgehead atoms. The first-order chi connectivity index (χ1) is 17.5. The van der Waals surface area contributed by atoms with Gasteiger partial charge < -0.3 is 5.32 Å². The fourth-order valence-electron chi connectivity index (χ4n) is 3.82. The average Bonchev–Trinajstić information content (AvgIpc) is 2.77. The highest BCUT2D eigenvalue weighted by atomic mass is 32.2. The third-order valence-corrected chi connectivity index (χ3v) is 8.06. The lowest BCUT2D eigenvalue weighted by atomic mass is 10.1. The van der Waals surface area contributed by atoms with Crippen LogP contribution in [0.2, 0.25) is 0 Å². The number of carbonyl (C=O) groups excluding carboxylic acids is 1. The minimum Gasteiger partial charge on any atom is -0.324 e. The lowest BCUT2D eigenvalue weighted by molar-refractivity contribution is -0.137. The van der Waals surface area contributed by atoms with Crippen molar-refractivity contribution >= 4 is 43.0 Å². The number of alkyl halides is 3. The van der Waals surface area contributed by atoms with E-state index in [2.05, 4.69) is 10.0 Å². The third kappa shape index (κ3) is 7.04. The number of benzene rings is 3. The first-order valence-electron chi connectivity index (χ1n) is 11.2. The minimum atomic E-state index is -4.64. The molecule has 0 aromatic heterocycles. The zero-order valence-electron chi connectivity index (χ0n) is 20.9. The van der Waals surface area contributed by atoms with Crippen LogP contribution in [0.25, 0.3) is 0 Å². The van der Waals surface area contributed by atoms with Crippen molar-refractivity contribution in [1.29, 1.82) is 0 Å².